The minimum absolute atomic E-state index is 0.0827. The van der Waals surface area contributed by atoms with E-state index in [1.54, 1.807) is 42.8 Å². The van der Waals surface area contributed by atoms with Gasteiger partial charge in [0.05, 0.1) is 35.5 Å². The number of amides is 1. The van der Waals surface area contributed by atoms with Gasteiger partial charge in [-0.15, -0.1) is 0 Å². The minimum atomic E-state index is -4.74. The maximum atomic E-state index is 14.2. The number of aromatic nitrogens is 5. The van der Waals surface area contributed by atoms with Crippen molar-refractivity contribution >= 4 is 39.6 Å². The largest absolute Gasteiger partial charge is 0.433 e. The molecule has 0 unspecified atom stereocenters. The van der Waals surface area contributed by atoms with Crippen molar-refractivity contribution in [1.82, 2.24) is 24.4 Å². The molecule has 41 heavy (non-hydrogen) atoms. The van der Waals surface area contributed by atoms with Crippen LogP contribution >= 0.6 is 11.6 Å². The van der Waals surface area contributed by atoms with Gasteiger partial charge in [0.15, 0.2) is 11.3 Å². The fraction of sp³-hybridized carbons (Fsp3) is 0.133. The zero-order valence-electron chi connectivity index (χ0n) is 21.9. The topological polar surface area (TPSA) is 77.1 Å². The van der Waals surface area contributed by atoms with Gasteiger partial charge in [-0.2, -0.15) is 23.4 Å². The summed E-state index contributed by atoms with van der Waals surface area (Å²) in [5.41, 5.74) is 1.93. The molecule has 0 aliphatic heterocycles. The molecule has 0 saturated carbocycles. The number of benzene rings is 3. The van der Waals surface area contributed by atoms with Crippen molar-refractivity contribution in [3.8, 4) is 11.3 Å². The van der Waals surface area contributed by atoms with E-state index >= 15 is 0 Å². The van der Waals surface area contributed by atoms with Crippen molar-refractivity contribution in [2.75, 3.05) is 5.32 Å². The molecule has 1 N–H and O–H groups in total. The first-order valence-corrected chi connectivity index (χ1v) is 13.0. The van der Waals surface area contributed by atoms with Crippen LogP contribution in [0.15, 0.2) is 79.0 Å². The number of carbonyl (C=O) groups is 1. The summed E-state index contributed by atoms with van der Waals surface area (Å²) < 4.78 is 45.0. The molecule has 1 amide bonds. The molecule has 3 heterocycles. The van der Waals surface area contributed by atoms with Crippen LogP contribution < -0.4 is 5.32 Å². The predicted molar refractivity (Wildman–Crippen MR) is 151 cm³/mol. The average molecular weight is 575 g/mol. The van der Waals surface area contributed by atoms with Crippen molar-refractivity contribution in [2.45, 2.75) is 26.6 Å². The molecule has 7 nitrogen and oxygen atoms in total. The SMILES string of the molecule is Cc1nn(Cc2ccc(Cl)cc2)c(C)c1NC(=O)c1cnn2c(C(F)(F)F)cc(-c3cccc4ccccc34)nc12. The van der Waals surface area contributed by atoms with Crippen LogP contribution in [-0.2, 0) is 12.7 Å². The summed E-state index contributed by atoms with van der Waals surface area (Å²) in [4.78, 5) is 18.0. The van der Waals surface area contributed by atoms with E-state index in [4.69, 9.17) is 11.6 Å². The highest BCUT2D eigenvalue weighted by atomic mass is 35.5. The standard InChI is InChI=1S/C30H22ClF3N6O/c1-17-27(18(2)39(38-17)16-19-10-12-21(31)13-11-19)37-29(41)24-15-35-40-26(30(32,33)34)14-25(36-28(24)40)23-9-5-7-20-6-3-4-8-22(20)23/h3-15H,16H2,1-2H3,(H,37,41). The zero-order chi connectivity index (χ0) is 28.9. The molecule has 0 atom stereocenters. The molecule has 6 aromatic rings. The Hall–Kier alpha value is -4.70. The lowest BCUT2D eigenvalue weighted by atomic mass is 10.0. The molecule has 0 radical (unpaired) electrons. The number of rotatable bonds is 5. The Kier molecular flexibility index (Phi) is 6.50. The number of aryl methyl sites for hydroxylation is 1. The van der Waals surface area contributed by atoms with Crippen LogP contribution in [0.4, 0.5) is 18.9 Å². The van der Waals surface area contributed by atoms with E-state index in [0.29, 0.717) is 38.7 Å². The van der Waals surface area contributed by atoms with Crippen LogP contribution in [0.3, 0.4) is 0 Å². The number of fused-ring (bicyclic) bond motifs is 2. The second-order valence-corrected chi connectivity index (χ2v) is 10.1. The van der Waals surface area contributed by atoms with Gasteiger partial charge in [0.2, 0.25) is 0 Å². The van der Waals surface area contributed by atoms with Crippen LogP contribution in [0, 0.1) is 13.8 Å². The monoisotopic (exact) mass is 574 g/mol. The van der Waals surface area contributed by atoms with Crippen LogP contribution in [0.5, 0.6) is 0 Å². The maximum absolute atomic E-state index is 14.2. The lowest BCUT2D eigenvalue weighted by Crippen LogP contribution is -2.16. The number of carbonyl (C=O) groups excluding carboxylic acids is 1. The van der Waals surface area contributed by atoms with Crippen LogP contribution in [0.25, 0.3) is 27.7 Å². The van der Waals surface area contributed by atoms with Crippen LogP contribution in [0.1, 0.15) is 33.0 Å². The minimum Gasteiger partial charge on any atom is -0.319 e. The molecule has 0 saturated heterocycles. The molecule has 3 aromatic heterocycles. The molecule has 11 heteroatoms. The van der Waals surface area contributed by atoms with Gasteiger partial charge in [-0.25, -0.2) is 9.50 Å². The number of anilines is 1. The lowest BCUT2D eigenvalue weighted by molar-refractivity contribution is -0.142. The maximum Gasteiger partial charge on any atom is 0.433 e. The highest BCUT2D eigenvalue weighted by molar-refractivity contribution is 6.30. The van der Waals surface area contributed by atoms with E-state index in [-0.39, 0.29) is 16.9 Å². The Morgan fingerprint density at radius 3 is 2.49 bits per heavy atom. The van der Waals surface area contributed by atoms with Gasteiger partial charge < -0.3 is 5.32 Å². The molecule has 0 aliphatic rings. The zero-order valence-corrected chi connectivity index (χ0v) is 22.6. The fourth-order valence-electron chi connectivity index (χ4n) is 4.89. The second-order valence-electron chi connectivity index (χ2n) is 9.63. The first-order chi connectivity index (χ1) is 19.6. The Morgan fingerprint density at radius 1 is 1.00 bits per heavy atom. The van der Waals surface area contributed by atoms with Crippen LogP contribution in [0.2, 0.25) is 5.02 Å². The molecule has 0 spiro atoms. The van der Waals surface area contributed by atoms with Crippen LogP contribution in [-0.4, -0.2) is 30.3 Å². The Bertz CT molecular complexity index is 1940. The molecule has 0 bridgehead atoms. The van der Waals surface area contributed by atoms with E-state index in [1.807, 2.05) is 42.5 Å². The summed E-state index contributed by atoms with van der Waals surface area (Å²) in [7, 11) is 0. The molecule has 0 fully saturated rings. The highest BCUT2D eigenvalue weighted by Gasteiger charge is 2.36. The predicted octanol–water partition coefficient (Wildman–Crippen LogP) is 7.34. The van der Waals surface area contributed by atoms with Crippen molar-refractivity contribution in [2.24, 2.45) is 0 Å². The van der Waals surface area contributed by atoms with Crippen molar-refractivity contribution in [1.29, 1.82) is 0 Å². The number of nitrogens with zero attached hydrogens (tertiary/aromatic N) is 5. The number of alkyl halides is 3. The molecule has 6 rings (SSSR count). The van der Waals surface area contributed by atoms with Gasteiger partial charge >= 0.3 is 6.18 Å². The van der Waals surface area contributed by atoms with E-state index in [2.05, 4.69) is 20.5 Å². The molecule has 206 valence electrons. The normalized spacial score (nSPS) is 11.9. The van der Waals surface area contributed by atoms with Gasteiger partial charge in [0.1, 0.15) is 5.56 Å². The van der Waals surface area contributed by atoms with Gasteiger partial charge in [-0.05, 0) is 48.4 Å². The third-order valence-electron chi connectivity index (χ3n) is 6.94. The third kappa shape index (κ3) is 4.91. The molecular weight excluding hydrogens is 553 g/mol. The Labute approximate surface area is 237 Å². The number of hydrogen-bond donors (Lipinski definition) is 1. The van der Waals surface area contributed by atoms with E-state index in [0.717, 1.165) is 28.6 Å². The number of nitrogens with one attached hydrogen (secondary N) is 1. The van der Waals surface area contributed by atoms with Gasteiger partial charge in [0.25, 0.3) is 5.91 Å². The summed E-state index contributed by atoms with van der Waals surface area (Å²) in [6.45, 7) is 4.00. The summed E-state index contributed by atoms with van der Waals surface area (Å²) in [6, 6.07) is 21.0. The summed E-state index contributed by atoms with van der Waals surface area (Å²) in [5.74, 6) is -0.645. The molecular formula is C30H22ClF3N6O. The first kappa shape index (κ1) is 26.5. The first-order valence-electron chi connectivity index (χ1n) is 12.6. The fourth-order valence-corrected chi connectivity index (χ4v) is 5.01. The Morgan fingerprint density at radius 2 is 1.73 bits per heavy atom. The lowest BCUT2D eigenvalue weighted by Gasteiger charge is -2.13. The van der Waals surface area contributed by atoms with E-state index in [9.17, 15) is 18.0 Å². The highest BCUT2D eigenvalue weighted by Crippen LogP contribution is 2.35. The summed E-state index contributed by atoms with van der Waals surface area (Å²) in [5, 5.41) is 13.5. The van der Waals surface area contributed by atoms with Gasteiger partial charge in [-0.3, -0.25) is 9.48 Å². The number of halogens is 4. The summed E-state index contributed by atoms with van der Waals surface area (Å²) >= 11 is 5.98. The van der Waals surface area contributed by atoms with E-state index < -0.39 is 17.8 Å². The second kappa shape index (κ2) is 10.0. The third-order valence-corrected chi connectivity index (χ3v) is 7.19. The van der Waals surface area contributed by atoms with Crippen molar-refractivity contribution in [3.05, 3.63) is 112 Å². The van der Waals surface area contributed by atoms with Crippen molar-refractivity contribution in [3.63, 3.8) is 0 Å². The quantitative estimate of drug-likeness (QED) is 0.234. The summed E-state index contributed by atoms with van der Waals surface area (Å²) in [6.07, 6.45) is -3.64. The molecule has 0 aliphatic carbocycles. The Balaban J connectivity index is 1.41. The number of hydrogen-bond acceptors (Lipinski definition) is 4. The average Bonchev–Trinajstić information content (AvgIpc) is 3.49. The van der Waals surface area contributed by atoms with Gasteiger partial charge in [-0.1, -0.05) is 66.2 Å². The van der Waals surface area contributed by atoms with Gasteiger partial charge in [0, 0.05) is 10.6 Å². The van der Waals surface area contributed by atoms with E-state index in [1.165, 1.54) is 0 Å². The van der Waals surface area contributed by atoms with Crippen molar-refractivity contribution < 1.29 is 18.0 Å². The smallest absolute Gasteiger partial charge is 0.319 e. The molecule has 3 aromatic carbocycles.